The van der Waals surface area contributed by atoms with Crippen LogP contribution >= 0.6 is 0 Å². The van der Waals surface area contributed by atoms with E-state index in [4.69, 9.17) is 0 Å². The number of halogens is 4. The fraction of sp³-hybridized carbons (Fsp3) is 0.625. The molecule has 3 rings (SSSR count). The number of benzene rings is 1. The van der Waals surface area contributed by atoms with Crippen molar-refractivity contribution in [2.24, 2.45) is 0 Å². The van der Waals surface area contributed by atoms with Gasteiger partial charge in [-0.2, -0.15) is 17.6 Å². The van der Waals surface area contributed by atoms with Gasteiger partial charge in [-0.1, -0.05) is 12.1 Å². The third-order valence-electron chi connectivity index (χ3n) is 4.47. The first kappa shape index (κ1) is 15.6. The summed E-state index contributed by atoms with van der Waals surface area (Å²) in [6, 6.07) is 0.686. The van der Waals surface area contributed by atoms with Crippen LogP contribution in [0.15, 0.2) is 18.2 Å². The summed E-state index contributed by atoms with van der Waals surface area (Å²) in [7, 11) is 0. The molecule has 122 valence electrons. The predicted octanol–water partition coefficient (Wildman–Crippen LogP) is 3.91. The Labute approximate surface area is 127 Å². The van der Waals surface area contributed by atoms with Crippen molar-refractivity contribution in [2.45, 2.75) is 44.1 Å². The predicted molar refractivity (Wildman–Crippen MR) is 77.7 cm³/mol. The van der Waals surface area contributed by atoms with Gasteiger partial charge >= 0.3 is 12.0 Å². The SMILES string of the molecule is FC1(F)Cc2cc(CCCN3CCCC3)ccc2NC1(F)F. The summed E-state index contributed by atoms with van der Waals surface area (Å²) in [5, 5.41) is 1.66. The molecule has 2 aliphatic rings. The van der Waals surface area contributed by atoms with Gasteiger partial charge in [0.05, 0.1) is 0 Å². The summed E-state index contributed by atoms with van der Waals surface area (Å²) in [6.45, 7) is 3.27. The molecule has 22 heavy (non-hydrogen) atoms. The maximum Gasteiger partial charge on any atom is 0.386 e. The maximum absolute atomic E-state index is 13.4. The second-order valence-corrected chi connectivity index (χ2v) is 6.22. The van der Waals surface area contributed by atoms with E-state index in [0.29, 0.717) is 0 Å². The van der Waals surface area contributed by atoms with Crippen molar-refractivity contribution in [1.82, 2.24) is 4.90 Å². The monoisotopic (exact) mass is 316 g/mol. The van der Waals surface area contributed by atoms with Crippen LogP contribution in [0.5, 0.6) is 0 Å². The Morgan fingerprint density at radius 2 is 1.82 bits per heavy atom. The van der Waals surface area contributed by atoms with Crippen LogP contribution in [0.4, 0.5) is 23.2 Å². The minimum atomic E-state index is -4.18. The Balaban J connectivity index is 1.64. The molecule has 2 aliphatic heterocycles. The van der Waals surface area contributed by atoms with Gasteiger partial charge in [-0.05, 0) is 62.5 Å². The summed E-state index contributed by atoms with van der Waals surface area (Å²) < 4.78 is 53.4. The summed E-state index contributed by atoms with van der Waals surface area (Å²) in [4.78, 5) is 2.40. The molecule has 6 heteroatoms. The molecule has 1 aromatic rings. The second kappa shape index (κ2) is 5.72. The van der Waals surface area contributed by atoms with Crippen LogP contribution in [-0.4, -0.2) is 36.5 Å². The number of nitrogens with one attached hydrogen (secondary N) is 1. The molecule has 0 aliphatic carbocycles. The number of likely N-dealkylation sites (tertiary alicyclic amines) is 1. The molecule has 0 bridgehead atoms. The van der Waals surface area contributed by atoms with Gasteiger partial charge in [-0.15, -0.1) is 0 Å². The largest absolute Gasteiger partial charge is 0.386 e. The molecule has 1 fully saturated rings. The molecule has 0 aromatic heterocycles. The number of hydrogen-bond acceptors (Lipinski definition) is 2. The molecule has 1 N–H and O–H groups in total. The lowest BCUT2D eigenvalue weighted by atomic mass is 9.95. The minimum Gasteiger partial charge on any atom is -0.322 e. The molecule has 0 atom stereocenters. The van der Waals surface area contributed by atoms with Gasteiger partial charge in [0, 0.05) is 12.1 Å². The number of rotatable bonds is 4. The highest BCUT2D eigenvalue weighted by atomic mass is 19.3. The molecule has 2 nitrogen and oxygen atoms in total. The van der Waals surface area contributed by atoms with E-state index >= 15 is 0 Å². The van der Waals surface area contributed by atoms with Gasteiger partial charge in [0.2, 0.25) is 0 Å². The molecule has 0 radical (unpaired) electrons. The maximum atomic E-state index is 13.4. The van der Waals surface area contributed by atoms with Crippen LogP contribution in [0.3, 0.4) is 0 Å². The summed E-state index contributed by atoms with van der Waals surface area (Å²) in [6.07, 6.45) is 3.31. The lowest BCUT2D eigenvalue weighted by Gasteiger charge is -2.34. The number of aryl methyl sites for hydroxylation is 1. The van der Waals surface area contributed by atoms with Crippen LogP contribution in [0.25, 0.3) is 0 Å². The molecule has 0 saturated carbocycles. The summed E-state index contributed by atoms with van der Waals surface area (Å²) in [5.41, 5.74) is 1.31. The van der Waals surface area contributed by atoms with E-state index in [0.717, 1.165) is 38.0 Å². The average molecular weight is 316 g/mol. The van der Waals surface area contributed by atoms with Gasteiger partial charge in [0.1, 0.15) is 0 Å². The van der Waals surface area contributed by atoms with Gasteiger partial charge in [-0.3, -0.25) is 0 Å². The molecule has 1 saturated heterocycles. The highest BCUT2D eigenvalue weighted by Crippen LogP contribution is 2.43. The Morgan fingerprint density at radius 3 is 2.55 bits per heavy atom. The molecular formula is C16H20F4N2. The van der Waals surface area contributed by atoms with Crippen LogP contribution < -0.4 is 5.32 Å². The van der Waals surface area contributed by atoms with Crippen LogP contribution in [0.2, 0.25) is 0 Å². The van der Waals surface area contributed by atoms with Crippen molar-refractivity contribution in [1.29, 1.82) is 0 Å². The Bertz CT molecular complexity index is 539. The van der Waals surface area contributed by atoms with Crippen LogP contribution in [0, 0.1) is 0 Å². The van der Waals surface area contributed by atoms with Crippen molar-refractivity contribution in [3.05, 3.63) is 29.3 Å². The van der Waals surface area contributed by atoms with Crippen molar-refractivity contribution < 1.29 is 17.6 Å². The number of nitrogens with zero attached hydrogens (tertiary/aromatic N) is 1. The lowest BCUT2D eigenvalue weighted by Crippen LogP contribution is -2.51. The zero-order valence-electron chi connectivity index (χ0n) is 12.3. The standard InChI is InChI=1S/C16H20F4N2/c17-15(18)11-13-10-12(4-3-9-22-7-1-2-8-22)5-6-14(13)21-16(15,19)20/h5-6,10,21H,1-4,7-9,11H2. The summed E-state index contributed by atoms with van der Waals surface area (Å²) in [5.74, 6) is -4.05. The zero-order chi connectivity index (χ0) is 15.8. The highest BCUT2D eigenvalue weighted by molar-refractivity contribution is 5.57. The average Bonchev–Trinajstić information content (AvgIpc) is 2.93. The number of fused-ring (bicyclic) bond motifs is 1. The van der Waals surface area contributed by atoms with Crippen molar-refractivity contribution in [2.75, 3.05) is 25.0 Å². The molecular weight excluding hydrogens is 296 g/mol. The van der Waals surface area contributed by atoms with Crippen molar-refractivity contribution in [3.8, 4) is 0 Å². The smallest absolute Gasteiger partial charge is 0.322 e. The summed E-state index contributed by atoms with van der Waals surface area (Å²) >= 11 is 0. The van der Waals surface area contributed by atoms with E-state index < -0.39 is 18.4 Å². The first-order valence-electron chi connectivity index (χ1n) is 7.75. The Hall–Kier alpha value is -1.30. The van der Waals surface area contributed by atoms with E-state index in [1.807, 2.05) is 0 Å². The molecule has 0 unspecified atom stereocenters. The van der Waals surface area contributed by atoms with E-state index in [1.165, 1.54) is 18.9 Å². The molecule has 2 heterocycles. The van der Waals surface area contributed by atoms with Gasteiger partial charge < -0.3 is 10.2 Å². The van der Waals surface area contributed by atoms with Crippen molar-refractivity contribution >= 4 is 5.69 Å². The Morgan fingerprint density at radius 1 is 1.09 bits per heavy atom. The highest BCUT2D eigenvalue weighted by Gasteiger charge is 2.59. The quantitative estimate of drug-likeness (QED) is 0.669. The fourth-order valence-electron chi connectivity index (χ4n) is 3.19. The van der Waals surface area contributed by atoms with Crippen LogP contribution in [-0.2, 0) is 12.8 Å². The van der Waals surface area contributed by atoms with E-state index in [-0.39, 0.29) is 11.3 Å². The number of alkyl halides is 4. The topological polar surface area (TPSA) is 15.3 Å². The van der Waals surface area contributed by atoms with Gasteiger partial charge in [-0.25, -0.2) is 0 Å². The van der Waals surface area contributed by atoms with E-state index in [2.05, 4.69) is 4.90 Å². The van der Waals surface area contributed by atoms with E-state index in [1.54, 1.807) is 17.4 Å². The molecule has 0 spiro atoms. The van der Waals surface area contributed by atoms with E-state index in [9.17, 15) is 17.6 Å². The van der Waals surface area contributed by atoms with Crippen molar-refractivity contribution in [3.63, 3.8) is 0 Å². The fourth-order valence-corrected chi connectivity index (χ4v) is 3.19. The first-order valence-corrected chi connectivity index (χ1v) is 7.75. The van der Waals surface area contributed by atoms with Gasteiger partial charge in [0.25, 0.3) is 0 Å². The molecule has 1 aromatic carbocycles. The second-order valence-electron chi connectivity index (χ2n) is 6.22. The third-order valence-corrected chi connectivity index (χ3v) is 4.47. The molecule has 0 amide bonds. The number of anilines is 1. The zero-order valence-corrected chi connectivity index (χ0v) is 12.3. The number of hydrogen-bond donors (Lipinski definition) is 1. The first-order chi connectivity index (χ1) is 10.4. The minimum absolute atomic E-state index is 0.110. The lowest BCUT2D eigenvalue weighted by molar-refractivity contribution is -0.193. The van der Waals surface area contributed by atoms with Gasteiger partial charge in [0.15, 0.2) is 0 Å². The Kier molecular flexibility index (Phi) is 4.05. The third kappa shape index (κ3) is 3.07. The van der Waals surface area contributed by atoms with Crippen LogP contribution in [0.1, 0.15) is 30.4 Å². The normalized spacial score (nSPS) is 23.1.